The highest BCUT2D eigenvalue weighted by Crippen LogP contribution is 2.43. The number of hydrogen-bond donors (Lipinski definition) is 1. The van der Waals surface area contributed by atoms with Gasteiger partial charge in [-0.25, -0.2) is 4.39 Å². The predicted octanol–water partition coefficient (Wildman–Crippen LogP) is 10.0. The van der Waals surface area contributed by atoms with Gasteiger partial charge in [0.25, 0.3) is 0 Å². The fraction of sp³-hybridized carbons (Fsp3) is 1.00. The van der Waals surface area contributed by atoms with E-state index in [1.807, 2.05) is 0 Å². The first kappa shape index (κ1) is 30.1. The van der Waals surface area contributed by atoms with Crippen LogP contribution < -0.4 is 0 Å². The second kappa shape index (κ2) is 13.4. The first-order chi connectivity index (χ1) is 15.7. The molecule has 202 valence electrons. The molecule has 5 atom stereocenters. The number of rotatable bonds is 13. The summed E-state index contributed by atoms with van der Waals surface area (Å²) in [6.45, 7) is 17.7. The zero-order valence-corrected chi connectivity index (χ0v) is 24.3. The van der Waals surface area contributed by atoms with E-state index in [0.717, 1.165) is 54.8 Å². The topological polar surface area (TPSA) is 20.2 Å². The molecular formula is C32H61FO. The smallest absolute Gasteiger partial charge is 0.105 e. The van der Waals surface area contributed by atoms with Gasteiger partial charge in [0.15, 0.2) is 0 Å². The van der Waals surface area contributed by atoms with E-state index in [4.69, 9.17) is 0 Å². The van der Waals surface area contributed by atoms with E-state index in [0.29, 0.717) is 17.8 Å². The number of alkyl halides is 1. The van der Waals surface area contributed by atoms with Crippen molar-refractivity contribution in [3.63, 3.8) is 0 Å². The summed E-state index contributed by atoms with van der Waals surface area (Å²) in [5, 5.41) is 11.0. The van der Waals surface area contributed by atoms with Crippen molar-refractivity contribution in [2.75, 3.05) is 0 Å². The van der Waals surface area contributed by atoms with Gasteiger partial charge in [0.05, 0.1) is 6.10 Å². The normalized spacial score (nSPS) is 31.0. The molecule has 0 radical (unpaired) electrons. The van der Waals surface area contributed by atoms with Crippen LogP contribution in [0.2, 0.25) is 0 Å². The first-order valence-corrected chi connectivity index (χ1v) is 15.1. The summed E-state index contributed by atoms with van der Waals surface area (Å²) in [4.78, 5) is 0. The number of hydrogen-bond acceptors (Lipinski definition) is 1. The molecule has 2 rings (SSSR count). The van der Waals surface area contributed by atoms with Crippen molar-refractivity contribution in [1.29, 1.82) is 0 Å². The van der Waals surface area contributed by atoms with Gasteiger partial charge in [-0.05, 0) is 138 Å². The Hall–Kier alpha value is -0.110. The maximum Gasteiger partial charge on any atom is 0.105 e. The second-order valence-corrected chi connectivity index (χ2v) is 14.8. The molecule has 1 nitrogen and oxygen atoms in total. The Kier molecular flexibility index (Phi) is 11.9. The van der Waals surface area contributed by atoms with Crippen molar-refractivity contribution in [3.05, 3.63) is 0 Å². The van der Waals surface area contributed by atoms with Gasteiger partial charge in [0.1, 0.15) is 5.67 Å². The minimum absolute atomic E-state index is 0.106. The molecule has 1 N–H and O–H groups in total. The molecule has 0 heterocycles. The van der Waals surface area contributed by atoms with Gasteiger partial charge in [-0.2, -0.15) is 0 Å². The SMILES string of the molecule is CC1C[C@@H](CCC(C)(C)F)C[C@@H](CC2CCC([C@@H](O)CCC(C)(C)CCC(C)C(C)C)CC2)C1. The highest BCUT2D eigenvalue weighted by molar-refractivity contribution is 4.84. The van der Waals surface area contributed by atoms with Gasteiger partial charge in [-0.3, -0.25) is 0 Å². The van der Waals surface area contributed by atoms with Gasteiger partial charge in [0, 0.05) is 0 Å². The maximum absolute atomic E-state index is 14.0. The average molecular weight is 481 g/mol. The zero-order chi connectivity index (χ0) is 25.5. The lowest BCUT2D eigenvalue weighted by atomic mass is 9.68. The molecule has 0 bridgehead atoms. The van der Waals surface area contributed by atoms with Gasteiger partial charge in [-0.1, -0.05) is 54.4 Å². The van der Waals surface area contributed by atoms with Crippen molar-refractivity contribution in [3.8, 4) is 0 Å². The van der Waals surface area contributed by atoms with Crippen LogP contribution in [0.25, 0.3) is 0 Å². The standard InChI is InChI=1S/C32H61FO/c1-23(2)25(4)13-16-31(5,6)17-15-30(34)29-11-9-26(10-12-29)21-28-20-24(3)19-27(22-28)14-18-32(7,8)33/h23-30,34H,9-22H2,1-8H3/t24?,25?,26?,27-,28-,29?,30+/m1/s1. The number of aliphatic hydroxyl groups excluding tert-OH is 1. The lowest BCUT2D eigenvalue weighted by Crippen LogP contribution is -2.29. The Morgan fingerprint density at radius 3 is 1.97 bits per heavy atom. The Labute approximate surface area is 213 Å². The van der Waals surface area contributed by atoms with Crippen LogP contribution in [-0.4, -0.2) is 16.9 Å². The Balaban J connectivity index is 1.70. The molecule has 0 aliphatic heterocycles. The molecule has 0 aromatic rings. The summed E-state index contributed by atoms with van der Waals surface area (Å²) in [5.74, 6) is 5.30. The lowest BCUT2D eigenvalue weighted by molar-refractivity contribution is 0.0488. The van der Waals surface area contributed by atoms with Crippen molar-refractivity contribution >= 4 is 0 Å². The van der Waals surface area contributed by atoms with Crippen LogP contribution in [0.5, 0.6) is 0 Å². The van der Waals surface area contributed by atoms with Crippen molar-refractivity contribution in [2.45, 2.75) is 157 Å². The third-order valence-electron chi connectivity index (χ3n) is 9.92. The van der Waals surface area contributed by atoms with Crippen LogP contribution in [0, 0.1) is 46.8 Å². The molecule has 2 unspecified atom stereocenters. The summed E-state index contributed by atoms with van der Waals surface area (Å²) in [7, 11) is 0. The summed E-state index contributed by atoms with van der Waals surface area (Å²) in [6, 6.07) is 0. The third-order valence-corrected chi connectivity index (χ3v) is 9.92. The third kappa shape index (κ3) is 11.3. The van der Waals surface area contributed by atoms with E-state index in [1.165, 1.54) is 64.2 Å². The van der Waals surface area contributed by atoms with Crippen LogP contribution in [0.15, 0.2) is 0 Å². The number of aliphatic hydroxyl groups is 1. The first-order valence-electron chi connectivity index (χ1n) is 15.1. The molecule has 34 heavy (non-hydrogen) atoms. The lowest BCUT2D eigenvalue weighted by Gasteiger charge is -2.38. The highest BCUT2D eigenvalue weighted by Gasteiger charge is 2.33. The molecule has 2 fully saturated rings. The second-order valence-electron chi connectivity index (χ2n) is 14.8. The van der Waals surface area contributed by atoms with Crippen molar-refractivity contribution < 1.29 is 9.50 Å². The van der Waals surface area contributed by atoms with E-state index in [1.54, 1.807) is 13.8 Å². The summed E-state index contributed by atoms with van der Waals surface area (Å²) < 4.78 is 14.0. The van der Waals surface area contributed by atoms with Crippen LogP contribution in [-0.2, 0) is 0 Å². The quantitative estimate of drug-likeness (QED) is 0.278. The largest absolute Gasteiger partial charge is 0.393 e. The molecule has 2 aliphatic carbocycles. The van der Waals surface area contributed by atoms with Crippen molar-refractivity contribution in [1.82, 2.24) is 0 Å². The fourth-order valence-electron chi connectivity index (χ4n) is 7.00. The highest BCUT2D eigenvalue weighted by atomic mass is 19.1. The molecule has 0 spiro atoms. The van der Waals surface area contributed by atoms with Gasteiger partial charge in [0.2, 0.25) is 0 Å². The van der Waals surface area contributed by atoms with E-state index < -0.39 is 5.67 Å². The molecule has 0 aromatic heterocycles. The van der Waals surface area contributed by atoms with Crippen LogP contribution in [0.4, 0.5) is 4.39 Å². The summed E-state index contributed by atoms with van der Waals surface area (Å²) >= 11 is 0. The molecule has 0 aromatic carbocycles. The van der Waals surface area contributed by atoms with Gasteiger partial charge in [-0.15, -0.1) is 0 Å². The minimum Gasteiger partial charge on any atom is -0.393 e. The van der Waals surface area contributed by atoms with Gasteiger partial charge >= 0.3 is 0 Å². The van der Waals surface area contributed by atoms with Crippen molar-refractivity contribution in [2.24, 2.45) is 46.8 Å². The molecule has 2 heteroatoms. The number of halogens is 1. The summed E-state index contributed by atoms with van der Waals surface area (Å²) in [5.41, 5.74) is -0.677. The molecule has 0 amide bonds. The van der Waals surface area contributed by atoms with Crippen LogP contribution in [0.1, 0.15) is 145 Å². The molecule has 0 saturated heterocycles. The minimum atomic E-state index is -1.02. The van der Waals surface area contributed by atoms with Crippen LogP contribution in [0.3, 0.4) is 0 Å². The average Bonchev–Trinajstić information content (AvgIpc) is 2.74. The maximum atomic E-state index is 14.0. The predicted molar refractivity (Wildman–Crippen MR) is 147 cm³/mol. The van der Waals surface area contributed by atoms with E-state index >= 15 is 0 Å². The molecule has 2 aliphatic rings. The Morgan fingerprint density at radius 2 is 1.38 bits per heavy atom. The van der Waals surface area contributed by atoms with E-state index in [9.17, 15) is 9.50 Å². The Morgan fingerprint density at radius 1 is 0.794 bits per heavy atom. The van der Waals surface area contributed by atoms with E-state index in [-0.39, 0.29) is 6.10 Å². The molecular weight excluding hydrogens is 419 g/mol. The Bertz CT molecular complexity index is 554. The van der Waals surface area contributed by atoms with Gasteiger partial charge < -0.3 is 5.11 Å². The summed E-state index contributed by atoms with van der Waals surface area (Å²) in [6.07, 6.45) is 16.8. The van der Waals surface area contributed by atoms with Crippen LogP contribution >= 0.6 is 0 Å². The van der Waals surface area contributed by atoms with E-state index in [2.05, 4.69) is 41.5 Å². The molecule has 2 saturated carbocycles. The monoisotopic (exact) mass is 480 g/mol. The fourth-order valence-corrected chi connectivity index (χ4v) is 7.00. The zero-order valence-electron chi connectivity index (χ0n) is 24.3.